The number of rotatable bonds is 12. The number of benzene rings is 1. The summed E-state index contributed by atoms with van der Waals surface area (Å²) in [5, 5.41) is 0. The fraction of sp³-hybridized carbons (Fsp3) is 0.526. The Labute approximate surface area is 223 Å². The maximum absolute atomic E-state index is 12.4. The van der Waals surface area contributed by atoms with Gasteiger partial charge in [0.1, 0.15) is 0 Å². The topological polar surface area (TPSA) is 105 Å². The normalized spacial score (nSPS) is 13.8. The van der Waals surface area contributed by atoms with Crippen molar-refractivity contribution in [3.63, 3.8) is 0 Å². The second-order valence-electron chi connectivity index (χ2n) is 6.97. The molecule has 0 unspecified atom stereocenters. The molecule has 0 fully saturated rings. The first-order chi connectivity index (χ1) is 15.0. The number of primary amides is 1. The van der Waals surface area contributed by atoms with Crippen molar-refractivity contribution in [1.82, 2.24) is 0 Å². The molecule has 33 heavy (non-hydrogen) atoms. The molecule has 0 saturated heterocycles. The third-order valence-corrected chi connectivity index (χ3v) is 5.98. The van der Waals surface area contributed by atoms with Crippen LogP contribution in [0.2, 0.25) is 0 Å². The third kappa shape index (κ3) is 13.0. The molecule has 0 spiro atoms. The zero-order chi connectivity index (χ0) is 25.4. The monoisotopic (exact) mass is 603 g/mol. The number of nitrogens with two attached hydrogens (primary N) is 1. The van der Waals surface area contributed by atoms with Gasteiger partial charge in [0.15, 0.2) is 6.29 Å². The molecule has 1 amide bonds. The van der Waals surface area contributed by atoms with Crippen LogP contribution in [0.1, 0.15) is 25.3 Å². The highest BCUT2D eigenvalue weighted by Crippen LogP contribution is 2.30. The van der Waals surface area contributed by atoms with Crippen molar-refractivity contribution in [2.75, 3.05) is 19.8 Å². The quantitative estimate of drug-likeness (QED) is 0.148. The summed E-state index contributed by atoms with van der Waals surface area (Å²) in [4.78, 5) is 12.0. The van der Waals surface area contributed by atoms with Crippen LogP contribution >= 0.6 is 69.6 Å². The van der Waals surface area contributed by atoms with Crippen LogP contribution in [0, 0.1) is 6.92 Å². The number of aryl methyl sites for hydroxylation is 1. The van der Waals surface area contributed by atoms with E-state index >= 15 is 0 Å². The molecule has 1 aromatic rings. The maximum atomic E-state index is 12.4. The molecule has 7 nitrogen and oxygen atoms in total. The van der Waals surface area contributed by atoms with Crippen molar-refractivity contribution in [2.45, 2.75) is 45.5 Å². The standard InChI is InChI=1S/C19H23Cl6NO6S/c1-12-3-5-14(6-4-12)33(28,29)32-9-13(2)15(17(26)27)7-8-16(30-10-18(20,21)22)31-11-19(23,24)25/h3-6,16H,7-11H2,1-2H3,(H2,26,27)/b15-13-. The maximum Gasteiger partial charge on any atom is 0.297 e. The summed E-state index contributed by atoms with van der Waals surface area (Å²) in [6.45, 7) is 2.28. The van der Waals surface area contributed by atoms with Gasteiger partial charge in [0, 0.05) is 12.0 Å². The number of amides is 1. The number of ether oxygens (including phenoxy) is 2. The highest BCUT2D eigenvalue weighted by atomic mass is 35.6. The van der Waals surface area contributed by atoms with Crippen LogP contribution in [-0.4, -0.2) is 48.0 Å². The largest absolute Gasteiger partial charge is 0.366 e. The minimum Gasteiger partial charge on any atom is -0.366 e. The van der Waals surface area contributed by atoms with Crippen molar-refractivity contribution in [3.05, 3.63) is 41.0 Å². The molecular weight excluding hydrogens is 583 g/mol. The van der Waals surface area contributed by atoms with Gasteiger partial charge < -0.3 is 15.2 Å². The smallest absolute Gasteiger partial charge is 0.297 e. The molecular formula is C19H23Cl6NO6S. The molecule has 0 atom stereocenters. The van der Waals surface area contributed by atoms with Crippen molar-refractivity contribution >= 4 is 85.6 Å². The first kappa shape index (κ1) is 31.0. The van der Waals surface area contributed by atoms with E-state index in [1.165, 1.54) is 19.1 Å². The number of hydrogen-bond acceptors (Lipinski definition) is 6. The van der Waals surface area contributed by atoms with E-state index in [2.05, 4.69) is 0 Å². The average Bonchev–Trinajstić information content (AvgIpc) is 2.66. The van der Waals surface area contributed by atoms with E-state index in [9.17, 15) is 13.2 Å². The molecule has 0 heterocycles. The minimum atomic E-state index is -4.04. The zero-order valence-electron chi connectivity index (χ0n) is 17.6. The van der Waals surface area contributed by atoms with Gasteiger partial charge in [0.25, 0.3) is 10.1 Å². The Morgan fingerprint density at radius 2 is 1.48 bits per heavy atom. The summed E-state index contributed by atoms with van der Waals surface area (Å²) in [7, 11) is -4.04. The van der Waals surface area contributed by atoms with Crippen LogP contribution in [0.5, 0.6) is 0 Å². The molecule has 0 aliphatic heterocycles. The van der Waals surface area contributed by atoms with Gasteiger partial charge >= 0.3 is 0 Å². The summed E-state index contributed by atoms with van der Waals surface area (Å²) in [5.74, 6) is -0.773. The number of halogens is 6. The van der Waals surface area contributed by atoms with E-state index < -0.39 is 29.9 Å². The molecule has 0 bridgehead atoms. The van der Waals surface area contributed by atoms with E-state index in [1.807, 2.05) is 6.92 Å². The fourth-order valence-electron chi connectivity index (χ4n) is 2.42. The first-order valence-corrected chi connectivity index (χ1v) is 13.0. The van der Waals surface area contributed by atoms with E-state index in [-0.39, 0.29) is 43.1 Å². The molecule has 0 aliphatic carbocycles. The van der Waals surface area contributed by atoms with Crippen LogP contribution in [0.3, 0.4) is 0 Å². The third-order valence-electron chi connectivity index (χ3n) is 4.05. The Morgan fingerprint density at radius 1 is 1.00 bits per heavy atom. The van der Waals surface area contributed by atoms with Gasteiger partial charge in [0.2, 0.25) is 13.5 Å². The van der Waals surface area contributed by atoms with Gasteiger partial charge in [-0.2, -0.15) is 8.42 Å². The van der Waals surface area contributed by atoms with Crippen molar-refractivity contribution in [3.8, 4) is 0 Å². The zero-order valence-corrected chi connectivity index (χ0v) is 23.0. The van der Waals surface area contributed by atoms with Crippen molar-refractivity contribution < 1.29 is 26.9 Å². The Morgan fingerprint density at radius 3 is 1.91 bits per heavy atom. The van der Waals surface area contributed by atoms with E-state index in [0.29, 0.717) is 5.57 Å². The van der Waals surface area contributed by atoms with Crippen LogP contribution in [0.4, 0.5) is 0 Å². The van der Waals surface area contributed by atoms with Gasteiger partial charge in [-0.3, -0.25) is 8.98 Å². The SMILES string of the molecule is C/C(COS(=O)(=O)c1ccc(C)cc1)=C(\CCC(OCC(Cl)(Cl)Cl)OCC(Cl)(Cl)Cl)C(N)=O. The van der Waals surface area contributed by atoms with E-state index in [4.69, 9.17) is 89.0 Å². The van der Waals surface area contributed by atoms with Crippen LogP contribution in [-0.2, 0) is 28.6 Å². The molecule has 188 valence electrons. The summed E-state index contributed by atoms with van der Waals surface area (Å²) in [6.07, 6.45) is -0.933. The summed E-state index contributed by atoms with van der Waals surface area (Å²) in [5.41, 5.74) is 6.79. The van der Waals surface area contributed by atoms with Gasteiger partial charge in [-0.15, -0.1) is 0 Å². The highest BCUT2D eigenvalue weighted by molar-refractivity contribution is 7.86. The Bertz CT molecular complexity index is 908. The Kier molecular flexibility index (Phi) is 12.6. The lowest BCUT2D eigenvalue weighted by Crippen LogP contribution is -2.28. The van der Waals surface area contributed by atoms with Gasteiger partial charge in [0.05, 0.1) is 24.7 Å². The number of carbonyl (C=O) groups is 1. The predicted octanol–water partition coefficient (Wildman–Crippen LogP) is 5.38. The Hall–Kier alpha value is 0. The molecule has 0 aromatic heterocycles. The molecule has 0 aliphatic rings. The highest BCUT2D eigenvalue weighted by Gasteiger charge is 2.27. The molecule has 14 heteroatoms. The molecule has 2 N–H and O–H groups in total. The number of carbonyl (C=O) groups excluding carboxylic acids is 1. The minimum absolute atomic E-state index is 0.0122. The lowest BCUT2D eigenvalue weighted by molar-refractivity contribution is -0.143. The van der Waals surface area contributed by atoms with Crippen LogP contribution in [0.25, 0.3) is 0 Å². The molecule has 1 rings (SSSR count). The molecule has 0 saturated carbocycles. The number of hydrogen-bond donors (Lipinski definition) is 1. The predicted molar refractivity (Wildman–Crippen MR) is 132 cm³/mol. The van der Waals surface area contributed by atoms with Gasteiger partial charge in [-0.05, 0) is 38.0 Å². The summed E-state index contributed by atoms with van der Waals surface area (Å²) in [6, 6.07) is 6.13. The van der Waals surface area contributed by atoms with E-state index in [1.54, 1.807) is 12.1 Å². The van der Waals surface area contributed by atoms with Gasteiger partial charge in [-0.25, -0.2) is 0 Å². The average molecular weight is 606 g/mol. The van der Waals surface area contributed by atoms with Crippen LogP contribution in [0.15, 0.2) is 40.3 Å². The van der Waals surface area contributed by atoms with Crippen molar-refractivity contribution in [2.24, 2.45) is 5.73 Å². The van der Waals surface area contributed by atoms with Crippen molar-refractivity contribution in [1.29, 1.82) is 0 Å². The molecule has 0 radical (unpaired) electrons. The molecule has 1 aromatic carbocycles. The Balaban J connectivity index is 2.89. The second kappa shape index (κ2) is 13.3. The second-order valence-corrected chi connectivity index (χ2v) is 13.6. The summed E-state index contributed by atoms with van der Waals surface area (Å²) < 4.78 is 37.2. The summed E-state index contributed by atoms with van der Waals surface area (Å²) >= 11 is 34.1. The first-order valence-electron chi connectivity index (χ1n) is 9.31. The van der Waals surface area contributed by atoms with Gasteiger partial charge in [-0.1, -0.05) is 87.3 Å². The van der Waals surface area contributed by atoms with Crippen LogP contribution < -0.4 is 5.73 Å². The number of alkyl halides is 6. The van der Waals surface area contributed by atoms with E-state index in [0.717, 1.165) is 5.56 Å². The lowest BCUT2D eigenvalue weighted by atomic mass is 10.0. The lowest BCUT2D eigenvalue weighted by Gasteiger charge is -2.23. The fourth-order valence-corrected chi connectivity index (χ4v) is 3.74.